The second kappa shape index (κ2) is 7.52. The molecule has 1 aliphatic heterocycles. The Labute approximate surface area is 175 Å². The van der Waals surface area contributed by atoms with Crippen LogP contribution in [0, 0.1) is 12.8 Å². The number of aryl methyl sites for hydroxylation is 1. The van der Waals surface area contributed by atoms with Gasteiger partial charge in [0.15, 0.2) is 0 Å². The molecule has 3 N–H and O–H groups in total. The summed E-state index contributed by atoms with van der Waals surface area (Å²) >= 11 is 0. The molecule has 1 saturated carbocycles. The number of benzene rings is 2. The van der Waals surface area contributed by atoms with Crippen LogP contribution in [0.2, 0.25) is 0 Å². The van der Waals surface area contributed by atoms with Gasteiger partial charge in [-0.25, -0.2) is 4.79 Å². The lowest BCUT2D eigenvalue weighted by Gasteiger charge is -2.39. The lowest BCUT2D eigenvalue weighted by Crippen LogP contribution is -2.47. The number of carbonyl (C=O) groups excluding carboxylic acids is 2. The van der Waals surface area contributed by atoms with Gasteiger partial charge in [0.25, 0.3) is 0 Å². The summed E-state index contributed by atoms with van der Waals surface area (Å²) in [7, 11) is 0. The molecule has 1 aliphatic carbocycles. The first-order valence-corrected chi connectivity index (χ1v) is 10.6. The summed E-state index contributed by atoms with van der Waals surface area (Å²) in [5, 5.41) is 7.15. The first kappa shape index (κ1) is 18.7. The van der Waals surface area contributed by atoms with Gasteiger partial charge in [-0.1, -0.05) is 30.3 Å². The van der Waals surface area contributed by atoms with Crippen molar-refractivity contribution in [2.75, 3.05) is 10.6 Å². The van der Waals surface area contributed by atoms with Crippen molar-refractivity contribution in [1.29, 1.82) is 0 Å². The number of nitrogens with zero attached hydrogens (tertiary/aromatic N) is 1. The van der Waals surface area contributed by atoms with Gasteiger partial charge in [0.2, 0.25) is 5.91 Å². The van der Waals surface area contributed by atoms with Crippen molar-refractivity contribution in [3.8, 4) is 0 Å². The lowest BCUT2D eigenvalue weighted by molar-refractivity contribution is -0.121. The highest BCUT2D eigenvalue weighted by molar-refractivity contribution is 5.95. The Morgan fingerprint density at radius 1 is 1.07 bits per heavy atom. The fourth-order valence-corrected chi connectivity index (χ4v) is 4.78. The third kappa shape index (κ3) is 3.43. The van der Waals surface area contributed by atoms with E-state index in [0.717, 1.165) is 48.1 Å². The van der Waals surface area contributed by atoms with Gasteiger partial charge in [-0.05, 0) is 61.9 Å². The van der Waals surface area contributed by atoms with Crippen molar-refractivity contribution in [1.82, 2.24) is 9.88 Å². The average molecular weight is 402 g/mol. The van der Waals surface area contributed by atoms with Gasteiger partial charge in [-0.15, -0.1) is 0 Å². The number of rotatable bonds is 3. The number of nitrogens with one attached hydrogen (secondary N) is 3. The molecule has 1 aromatic heterocycles. The van der Waals surface area contributed by atoms with Crippen LogP contribution in [0.4, 0.5) is 16.3 Å². The second-order valence-electron chi connectivity index (χ2n) is 8.42. The Balaban J connectivity index is 1.21. The maximum Gasteiger partial charge on any atom is 0.322 e. The number of aromatic amines is 1. The first-order chi connectivity index (χ1) is 14.6. The highest BCUT2D eigenvalue weighted by atomic mass is 16.2. The zero-order valence-electron chi connectivity index (χ0n) is 17.1. The summed E-state index contributed by atoms with van der Waals surface area (Å²) in [5.41, 5.74) is 4.32. The number of hydrogen-bond acceptors (Lipinski definition) is 2. The fourth-order valence-electron chi connectivity index (χ4n) is 4.78. The molecule has 1 fully saturated rings. The Morgan fingerprint density at radius 2 is 1.87 bits per heavy atom. The van der Waals surface area contributed by atoms with Crippen LogP contribution >= 0.6 is 0 Å². The molecule has 6 nitrogen and oxygen atoms in total. The number of carbonyl (C=O) groups is 2. The minimum atomic E-state index is -0.0286. The van der Waals surface area contributed by atoms with Gasteiger partial charge in [0.05, 0.1) is 6.54 Å². The van der Waals surface area contributed by atoms with Crippen LogP contribution in [0.5, 0.6) is 0 Å². The highest BCUT2D eigenvalue weighted by Gasteiger charge is 2.34. The van der Waals surface area contributed by atoms with Crippen molar-refractivity contribution in [3.05, 3.63) is 59.7 Å². The third-order valence-corrected chi connectivity index (χ3v) is 6.54. The van der Waals surface area contributed by atoms with Crippen LogP contribution in [0.15, 0.2) is 48.5 Å². The summed E-state index contributed by atoms with van der Waals surface area (Å²) in [6.07, 6.45) is 3.28. The van der Waals surface area contributed by atoms with Crippen molar-refractivity contribution in [3.63, 3.8) is 0 Å². The molecule has 2 aromatic carbocycles. The van der Waals surface area contributed by atoms with Crippen LogP contribution in [0.3, 0.4) is 0 Å². The fraction of sp³-hybridized carbons (Fsp3) is 0.333. The molecule has 30 heavy (non-hydrogen) atoms. The van der Waals surface area contributed by atoms with Gasteiger partial charge in [0, 0.05) is 28.6 Å². The molecule has 5 rings (SSSR count). The molecule has 6 heteroatoms. The van der Waals surface area contributed by atoms with Crippen LogP contribution in [0.1, 0.15) is 36.8 Å². The Hall–Kier alpha value is -3.28. The lowest BCUT2D eigenvalue weighted by atomic mass is 9.84. The number of fused-ring (bicyclic) bond motifs is 2. The minimum absolute atomic E-state index is 0.0189. The quantitative estimate of drug-likeness (QED) is 0.575. The molecule has 0 atom stereocenters. The van der Waals surface area contributed by atoms with Gasteiger partial charge in [0.1, 0.15) is 5.82 Å². The van der Waals surface area contributed by atoms with Gasteiger partial charge in [-0.3, -0.25) is 4.79 Å². The minimum Gasteiger partial charge on any atom is -0.341 e. The van der Waals surface area contributed by atoms with Crippen LogP contribution in [-0.4, -0.2) is 27.9 Å². The summed E-state index contributed by atoms with van der Waals surface area (Å²) in [6.45, 7) is 2.73. The van der Waals surface area contributed by atoms with E-state index in [1.54, 1.807) is 0 Å². The molecule has 3 amide bonds. The molecule has 0 radical (unpaired) electrons. The van der Waals surface area contributed by atoms with E-state index in [2.05, 4.69) is 28.6 Å². The second-order valence-corrected chi connectivity index (χ2v) is 8.42. The van der Waals surface area contributed by atoms with E-state index in [4.69, 9.17) is 0 Å². The molecule has 0 spiro atoms. The smallest absolute Gasteiger partial charge is 0.322 e. The van der Waals surface area contributed by atoms with E-state index >= 15 is 0 Å². The van der Waals surface area contributed by atoms with E-state index in [0.29, 0.717) is 6.54 Å². The molecule has 154 valence electrons. The van der Waals surface area contributed by atoms with Gasteiger partial charge >= 0.3 is 6.03 Å². The summed E-state index contributed by atoms with van der Waals surface area (Å²) in [4.78, 5) is 30.6. The number of anilines is 2. The van der Waals surface area contributed by atoms with Crippen molar-refractivity contribution >= 4 is 34.3 Å². The molecule has 0 bridgehead atoms. The third-order valence-electron chi connectivity index (χ3n) is 6.54. The molecule has 2 aliphatic rings. The topological polar surface area (TPSA) is 77.2 Å². The van der Waals surface area contributed by atoms with Crippen molar-refractivity contribution < 1.29 is 9.59 Å². The van der Waals surface area contributed by atoms with E-state index in [-0.39, 0.29) is 23.9 Å². The van der Waals surface area contributed by atoms with Crippen LogP contribution in [-0.2, 0) is 11.3 Å². The summed E-state index contributed by atoms with van der Waals surface area (Å²) < 4.78 is 0. The van der Waals surface area contributed by atoms with E-state index in [1.807, 2.05) is 47.4 Å². The maximum absolute atomic E-state index is 12.8. The zero-order valence-corrected chi connectivity index (χ0v) is 17.1. The number of hydrogen-bond donors (Lipinski definition) is 3. The Bertz CT molecular complexity index is 1080. The summed E-state index contributed by atoms with van der Waals surface area (Å²) in [5.74, 6) is 0.782. The first-order valence-electron chi connectivity index (χ1n) is 10.6. The van der Waals surface area contributed by atoms with Crippen LogP contribution < -0.4 is 10.6 Å². The molecular formula is C24H26N4O2. The zero-order chi connectivity index (χ0) is 20.7. The monoisotopic (exact) mass is 402 g/mol. The SMILES string of the molecule is Cc1cccc2c1CN(C1CCC(C(=O)Nc3cc4ccccc4[nH]3)CC1)C(=O)N2. The van der Waals surface area contributed by atoms with Crippen LogP contribution in [0.25, 0.3) is 10.9 Å². The van der Waals surface area contributed by atoms with E-state index < -0.39 is 0 Å². The number of para-hydroxylation sites is 1. The van der Waals surface area contributed by atoms with Crippen molar-refractivity contribution in [2.24, 2.45) is 5.92 Å². The predicted molar refractivity (Wildman–Crippen MR) is 118 cm³/mol. The number of amides is 3. The number of urea groups is 1. The Morgan fingerprint density at radius 3 is 2.67 bits per heavy atom. The highest BCUT2D eigenvalue weighted by Crippen LogP contribution is 2.34. The molecule has 2 heterocycles. The predicted octanol–water partition coefficient (Wildman–Crippen LogP) is 5.02. The maximum atomic E-state index is 12.8. The number of aromatic nitrogens is 1. The normalized spacial score (nSPS) is 21.2. The Kier molecular flexibility index (Phi) is 4.69. The molecule has 0 unspecified atom stereocenters. The van der Waals surface area contributed by atoms with Gasteiger partial charge < -0.3 is 20.5 Å². The summed E-state index contributed by atoms with van der Waals surface area (Å²) in [6, 6.07) is 16.1. The van der Waals surface area contributed by atoms with Crippen molar-refractivity contribution in [2.45, 2.75) is 45.2 Å². The number of H-pyrrole nitrogens is 1. The molecule has 0 saturated heterocycles. The largest absolute Gasteiger partial charge is 0.341 e. The van der Waals surface area contributed by atoms with Gasteiger partial charge in [-0.2, -0.15) is 0 Å². The average Bonchev–Trinajstić information content (AvgIpc) is 3.16. The standard InChI is InChI=1S/C24H26N4O2/c1-15-5-4-8-21-19(15)14-28(24(30)26-21)18-11-9-16(10-12-18)23(29)27-22-13-17-6-2-3-7-20(17)25-22/h2-8,13,16,18,25H,9-12,14H2,1H3,(H,26,30)(H,27,29). The van der Waals surface area contributed by atoms with E-state index in [9.17, 15) is 9.59 Å². The molecule has 3 aromatic rings. The molecular weight excluding hydrogens is 376 g/mol. The van der Waals surface area contributed by atoms with E-state index in [1.165, 1.54) is 11.1 Å².